The molecule has 0 spiro atoms. The Bertz CT molecular complexity index is 732. The number of carbonyl (C=O) groups is 1. The van der Waals surface area contributed by atoms with E-state index in [1.165, 1.54) is 16.4 Å². The van der Waals surface area contributed by atoms with Gasteiger partial charge >= 0.3 is 6.09 Å². The molecule has 1 aromatic rings. The van der Waals surface area contributed by atoms with E-state index in [-0.39, 0.29) is 29.7 Å². The number of sulfonamides is 1. The van der Waals surface area contributed by atoms with Crippen molar-refractivity contribution in [1.29, 1.82) is 0 Å². The van der Waals surface area contributed by atoms with Crippen LogP contribution in [0.1, 0.15) is 39.0 Å². The highest BCUT2D eigenvalue weighted by Gasteiger charge is 2.38. The Morgan fingerprint density at radius 3 is 2.46 bits per heavy atom. The monoisotopic (exact) mass is 400 g/mol. The molecule has 2 saturated heterocycles. The Labute approximate surface area is 160 Å². The quantitative estimate of drug-likeness (QED) is 0.775. The van der Waals surface area contributed by atoms with E-state index in [0.717, 1.165) is 25.7 Å². The maximum absolute atomic E-state index is 13.2. The summed E-state index contributed by atoms with van der Waals surface area (Å²) >= 11 is 5.88. The molecule has 2 fully saturated rings. The zero-order valence-electron chi connectivity index (χ0n) is 14.9. The molecule has 1 amide bonds. The molecule has 2 aliphatic heterocycles. The van der Waals surface area contributed by atoms with Gasteiger partial charge in [0.25, 0.3) is 0 Å². The van der Waals surface area contributed by atoms with Crippen molar-refractivity contribution < 1.29 is 17.9 Å². The lowest BCUT2D eigenvalue weighted by molar-refractivity contribution is 0.0692. The molecule has 26 heavy (non-hydrogen) atoms. The number of hydrogen-bond donors (Lipinski definition) is 0. The highest BCUT2D eigenvalue weighted by molar-refractivity contribution is 7.89. The van der Waals surface area contributed by atoms with Crippen LogP contribution in [0, 0.1) is 0 Å². The van der Waals surface area contributed by atoms with Gasteiger partial charge in [-0.3, -0.25) is 0 Å². The lowest BCUT2D eigenvalue weighted by Gasteiger charge is -2.39. The molecule has 0 radical (unpaired) electrons. The van der Waals surface area contributed by atoms with Gasteiger partial charge < -0.3 is 9.64 Å². The van der Waals surface area contributed by atoms with Crippen molar-refractivity contribution in [2.24, 2.45) is 0 Å². The summed E-state index contributed by atoms with van der Waals surface area (Å²) in [7, 11) is -3.67. The lowest BCUT2D eigenvalue weighted by atomic mass is 10.0. The van der Waals surface area contributed by atoms with Gasteiger partial charge in [0.1, 0.15) is 6.61 Å². The number of halogens is 1. The van der Waals surface area contributed by atoms with E-state index < -0.39 is 10.0 Å². The van der Waals surface area contributed by atoms with Crippen LogP contribution in [0.2, 0.25) is 5.02 Å². The van der Waals surface area contributed by atoms with Crippen molar-refractivity contribution >= 4 is 27.7 Å². The standard InChI is InChI=1S/C18H25ClN2O4S/c1-14-5-4-6-16(13-25-18(22)20-11-2-3-12-20)21(14)26(23,24)17-9-7-15(19)8-10-17/h7-10,14,16H,2-6,11-13H2,1H3/t14-,16-/m1/s1. The molecule has 2 aliphatic rings. The molecule has 0 unspecified atom stereocenters. The Morgan fingerprint density at radius 2 is 1.81 bits per heavy atom. The normalized spacial score (nSPS) is 24.6. The smallest absolute Gasteiger partial charge is 0.409 e. The SMILES string of the molecule is C[C@@H]1CCC[C@H](COC(=O)N2CCCC2)N1S(=O)(=O)c1ccc(Cl)cc1. The molecule has 0 N–H and O–H groups in total. The van der Waals surface area contributed by atoms with E-state index in [1.807, 2.05) is 6.92 Å². The van der Waals surface area contributed by atoms with Gasteiger partial charge in [0, 0.05) is 24.2 Å². The fourth-order valence-corrected chi connectivity index (χ4v) is 5.73. The van der Waals surface area contributed by atoms with Crippen molar-refractivity contribution in [2.75, 3.05) is 19.7 Å². The van der Waals surface area contributed by atoms with E-state index >= 15 is 0 Å². The molecule has 2 atom stereocenters. The van der Waals surface area contributed by atoms with Gasteiger partial charge in [-0.15, -0.1) is 0 Å². The van der Waals surface area contributed by atoms with E-state index in [9.17, 15) is 13.2 Å². The molecule has 3 rings (SSSR count). The maximum atomic E-state index is 13.2. The van der Waals surface area contributed by atoms with Gasteiger partial charge in [-0.05, 0) is 56.9 Å². The predicted molar refractivity (Wildman–Crippen MR) is 99.7 cm³/mol. The van der Waals surface area contributed by atoms with Crippen molar-refractivity contribution in [3.8, 4) is 0 Å². The van der Waals surface area contributed by atoms with Crippen molar-refractivity contribution in [3.63, 3.8) is 0 Å². The average molecular weight is 401 g/mol. The molecular formula is C18H25ClN2O4S. The largest absolute Gasteiger partial charge is 0.448 e. The molecule has 0 bridgehead atoms. The van der Waals surface area contributed by atoms with Crippen LogP contribution in [0.4, 0.5) is 4.79 Å². The molecular weight excluding hydrogens is 376 g/mol. The summed E-state index contributed by atoms with van der Waals surface area (Å²) in [6.07, 6.45) is 4.04. The third-order valence-electron chi connectivity index (χ3n) is 5.11. The first kappa shape index (κ1) is 19.5. The first-order valence-electron chi connectivity index (χ1n) is 9.10. The second kappa shape index (κ2) is 8.15. The van der Waals surface area contributed by atoms with Gasteiger partial charge in [0.15, 0.2) is 0 Å². The topological polar surface area (TPSA) is 66.9 Å². The number of nitrogens with zero attached hydrogens (tertiary/aromatic N) is 2. The zero-order chi connectivity index (χ0) is 18.7. The van der Waals surface area contributed by atoms with Gasteiger partial charge in [-0.2, -0.15) is 4.31 Å². The Morgan fingerprint density at radius 1 is 1.15 bits per heavy atom. The van der Waals surface area contributed by atoms with Crippen molar-refractivity contribution in [2.45, 2.75) is 56.0 Å². The first-order valence-corrected chi connectivity index (χ1v) is 10.9. The average Bonchev–Trinajstić information content (AvgIpc) is 3.14. The number of carbonyl (C=O) groups excluding carboxylic acids is 1. The number of rotatable bonds is 4. The number of benzene rings is 1. The second-order valence-corrected chi connectivity index (χ2v) is 9.27. The van der Waals surface area contributed by atoms with Crippen LogP contribution in [0.3, 0.4) is 0 Å². The van der Waals surface area contributed by atoms with Crippen LogP contribution >= 0.6 is 11.6 Å². The maximum Gasteiger partial charge on any atom is 0.409 e. The van der Waals surface area contributed by atoms with Crippen LogP contribution in [0.15, 0.2) is 29.2 Å². The summed E-state index contributed by atoms with van der Waals surface area (Å²) in [5.74, 6) is 0. The molecule has 0 aromatic heterocycles. The van der Waals surface area contributed by atoms with E-state index in [2.05, 4.69) is 0 Å². The summed E-state index contributed by atoms with van der Waals surface area (Å²) in [4.78, 5) is 14.1. The van der Waals surface area contributed by atoms with E-state index in [0.29, 0.717) is 24.5 Å². The highest BCUT2D eigenvalue weighted by Crippen LogP contribution is 2.30. The van der Waals surface area contributed by atoms with E-state index in [1.54, 1.807) is 17.0 Å². The third kappa shape index (κ3) is 4.15. The lowest BCUT2D eigenvalue weighted by Crippen LogP contribution is -2.51. The predicted octanol–water partition coefficient (Wildman–Crippen LogP) is 3.50. The molecule has 144 valence electrons. The van der Waals surface area contributed by atoms with Crippen LogP contribution < -0.4 is 0 Å². The van der Waals surface area contributed by atoms with Crippen molar-refractivity contribution in [3.05, 3.63) is 29.3 Å². The number of hydrogen-bond acceptors (Lipinski definition) is 4. The van der Waals surface area contributed by atoms with Crippen LogP contribution in [0.5, 0.6) is 0 Å². The molecule has 2 heterocycles. The fraction of sp³-hybridized carbons (Fsp3) is 0.611. The number of piperidine rings is 1. The molecule has 1 aromatic carbocycles. The zero-order valence-corrected chi connectivity index (χ0v) is 16.5. The minimum atomic E-state index is -3.67. The minimum absolute atomic E-state index is 0.0898. The summed E-state index contributed by atoms with van der Waals surface area (Å²) < 4.78 is 33.3. The summed E-state index contributed by atoms with van der Waals surface area (Å²) in [5.41, 5.74) is 0. The summed E-state index contributed by atoms with van der Waals surface area (Å²) in [5, 5.41) is 0.492. The van der Waals surface area contributed by atoms with Gasteiger partial charge in [-0.1, -0.05) is 18.0 Å². The van der Waals surface area contributed by atoms with Gasteiger partial charge in [0.2, 0.25) is 10.0 Å². The Kier molecular flexibility index (Phi) is 6.10. The third-order valence-corrected chi connectivity index (χ3v) is 7.44. The minimum Gasteiger partial charge on any atom is -0.448 e. The first-order chi connectivity index (χ1) is 12.4. The Hall–Kier alpha value is -1.31. The fourth-order valence-electron chi connectivity index (χ4n) is 3.74. The van der Waals surface area contributed by atoms with Crippen LogP contribution in [-0.4, -0.2) is 55.5 Å². The molecule has 0 aliphatic carbocycles. The van der Waals surface area contributed by atoms with Crippen LogP contribution in [-0.2, 0) is 14.8 Å². The van der Waals surface area contributed by atoms with Gasteiger partial charge in [-0.25, -0.2) is 13.2 Å². The van der Waals surface area contributed by atoms with Crippen molar-refractivity contribution in [1.82, 2.24) is 9.21 Å². The molecule has 8 heteroatoms. The Balaban J connectivity index is 1.75. The van der Waals surface area contributed by atoms with Gasteiger partial charge in [0.05, 0.1) is 10.9 Å². The van der Waals surface area contributed by atoms with Crippen LogP contribution in [0.25, 0.3) is 0 Å². The molecule has 0 saturated carbocycles. The highest BCUT2D eigenvalue weighted by atomic mass is 35.5. The number of amides is 1. The van der Waals surface area contributed by atoms with E-state index in [4.69, 9.17) is 16.3 Å². The second-order valence-electron chi connectivity index (χ2n) is 6.99. The number of likely N-dealkylation sites (tertiary alicyclic amines) is 1. The number of ether oxygens (including phenoxy) is 1. The summed E-state index contributed by atoms with van der Waals surface area (Å²) in [6.45, 7) is 3.42. The summed E-state index contributed by atoms with van der Waals surface area (Å²) in [6, 6.07) is 5.71. The molecule has 6 nitrogen and oxygen atoms in total.